The minimum atomic E-state index is -4.36. The molecule has 1 aliphatic heterocycles. The standard InChI is InChI=1S/C27H31F3N4O2/c1-19-3-4-22(17-25(19)27(28,29)30)32-21-7-11-24(12-8-21)36-18-26(35)34-15-13-33(14-16-34)23-9-5-20(31-2)6-10-23/h3-6,9-10,17,21,24,32H,7-8,11-16,18H2,1H3. The van der Waals surface area contributed by atoms with Gasteiger partial charge < -0.3 is 19.9 Å². The first-order chi connectivity index (χ1) is 17.2. The highest BCUT2D eigenvalue weighted by molar-refractivity contribution is 5.77. The summed E-state index contributed by atoms with van der Waals surface area (Å²) in [6, 6.07) is 11.9. The van der Waals surface area contributed by atoms with E-state index < -0.39 is 11.7 Å². The van der Waals surface area contributed by atoms with Crippen molar-refractivity contribution in [2.24, 2.45) is 0 Å². The van der Waals surface area contributed by atoms with E-state index in [0.717, 1.165) is 44.5 Å². The summed E-state index contributed by atoms with van der Waals surface area (Å²) in [6.45, 7) is 11.3. The molecular weight excluding hydrogens is 469 g/mol. The maximum absolute atomic E-state index is 13.2. The van der Waals surface area contributed by atoms with E-state index in [1.54, 1.807) is 18.2 Å². The molecule has 36 heavy (non-hydrogen) atoms. The molecule has 2 aromatic rings. The minimum Gasteiger partial charge on any atom is -0.382 e. The molecular formula is C27H31F3N4O2. The van der Waals surface area contributed by atoms with Crippen molar-refractivity contribution in [1.82, 2.24) is 4.90 Å². The molecule has 0 atom stereocenters. The smallest absolute Gasteiger partial charge is 0.382 e. The van der Waals surface area contributed by atoms with E-state index in [2.05, 4.69) is 15.1 Å². The van der Waals surface area contributed by atoms with E-state index in [1.807, 2.05) is 17.0 Å². The third-order valence-electron chi connectivity index (χ3n) is 7.01. The van der Waals surface area contributed by atoms with Gasteiger partial charge in [0, 0.05) is 43.6 Å². The molecule has 2 aromatic carbocycles. The fraction of sp³-hybridized carbons (Fsp3) is 0.481. The Hall–Kier alpha value is -3.25. The number of benzene rings is 2. The van der Waals surface area contributed by atoms with Gasteiger partial charge in [-0.05, 0) is 62.4 Å². The van der Waals surface area contributed by atoms with E-state index in [1.165, 1.54) is 19.1 Å². The number of anilines is 2. The van der Waals surface area contributed by atoms with Gasteiger partial charge in [0.15, 0.2) is 5.69 Å². The van der Waals surface area contributed by atoms with Crippen molar-refractivity contribution in [3.05, 3.63) is 65.0 Å². The number of nitrogens with one attached hydrogen (secondary N) is 1. The summed E-state index contributed by atoms with van der Waals surface area (Å²) in [7, 11) is 0. The van der Waals surface area contributed by atoms with Crippen molar-refractivity contribution in [2.75, 3.05) is 43.0 Å². The normalized spacial score (nSPS) is 20.6. The van der Waals surface area contributed by atoms with Gasteiger partial charge >= 0.3 is 6.18 Å². The van der Waals surface area contributed by atoms with Crippen LogP contribution in [0.4, 0.5) is 30.2 Å². The van der Waals surface area contributed by atoms with Crippen molar-refractivity contribution in [3.63, 3.8) is 0 Å². The van der Waals surface area contributed by atoms with Crippen LogP contribution in [0.1, 0.15) is 36.8 Å². The number of hydrogen-bond donors (Lipinski definition) is 1. The lowest BCUT2D eigenvalue weighted by Crippen LogP contribution is -2.50. The highest BCUT2D eigenvalue weighted by Crippen LogP contribution is 2.34. The van der Waals surface area contributed by atoms with Crippen molar-refractivity contribution >= 4 is 23.0 Å². The van der Waals surface area contributed by atoms with Gasteiger partial charge in [0.1, 0.15) is 6.61 Å². The number of amides is 1. The molecule has 0 unspecified atom stereocenters. The van der Waals surface area contributed by atoms with Crippen LogP contribution in [0, 0.1) is 13.5 Å². The lowest BCUT2D eigenvalue weighted by atomic mass is 9.92. The average molecular weight is 501 g/mol. The van der Waals surface area contributed by atoms with Gasteiger partial charge in [-0.3, -0.25) is 4.79 Å². The number of piperazine rings is 1. The summed E-state index contributed by atoms with van der Waals surface area (Å²) in [5, 5.41) is 3.23. The fourth-order valence-electron chi connectivity index (χ4n) is 4.86. The van der Waals surface area contributed by atoms with Crippen molar-refractivity contribution in [2.45, 2.75) is 50.9 Å². The minimum absolute atomic E-state index is 0.0157. The number of rotatable bonds is 6. The molecule has 9 heteroatoms. The molecule has 0 spiro atoms. The number of nitrogens with zero attached hydrogens (tertiary/aromatic N) is 3. The van der Waals surface area contributed by atoms with Gasteiger partial charge in [0.2, 0.25) is 5.91 Å². The largest absolute Gasteiger partial charge is 0.416 e. The maximum atomic E-state index is 13.2. The first-order valence-electron chi connectivity index (χ1n) is 12.3. The molecule has 1 N–H and O–H groups in total. The summed E-state index contributed by atoms with van der Waals surface area (Å²) in [5.41, 5.74) is 1.75. The Bertz CT molecular complexity index is 1080. The van der Waals surface area contributed by atoms with E-state index >= 15 is 0 Å². The second kappa shape index (κ2) is 11.2. The second-order valence-electron chi connectivity index (χ2n) is 9.45. The first-order valence-corrected chi connectivity index (χ1v) is 12.3. The van der Waals surface area contributed by atoms with Crippen molar-refractivity contribution in [3.8, 4) is 0 Å². The van der Waals surface area contributed by atoms with E-state index in [4.69, 9.17) is 11.3 Å². The Kier molecular flexibility index (Phi) is 8.04. The summed E-state index contributed by atoms with van der Waals surface area (Å²) >= 11 is 0. The molecule has 1 aliphatic carbocycles. The molecule has 1 saturated heterocycles. The van der Waals surface area contributed by atoms with Crippen LogP contribution >= 0.6 is 0 Å². The molecule has 192 valence electrons. The third kappa shape index (κ3) is 6.49. The van der Waals surface area contributed by atoms with E-state index in [0.29, 0.717) is 24.5 Å². The molecule has 1 saturated carbocycles. The van der Waals surface area contributed by atoms with Gasteiger partial charge in [0.05, 0.1) is 18.2 Å². The van der Waals surface area contributed by atoms with Gasteiger partial charge in [-0.2, -0.15) is 13.2 Å². The Morgan fingerprint density at radius 1 is 1.06 bits per heavy atom. The van der Waals surface area contributed by atoms with Crippen molar-refractivity contribution < 1.29 is 22.7 Å². The monoisotopic (exact) mass is 500 g/mol. The van der Waals surface area contributed by atoms with Crippen LogP contribution in [0.2, 0.25) is 0 Å². The topological polar surface area (TPSA) is 49.2 Å². The number of alkyl halides is 3. The SMILES string of the molecule is [C-]#[N+]c1ccc(N2CCN(C(=O)COC3CCC(Nc4ccc(C)c(C(F)(F)F)c4)CC3)CC2)cc1. The second-order valence-corrected chi connectivity index (χ2v) is 9.45. The highest BCUT2D eigenvalue weighted by Gasteiger charge is 2.33. The molecule has 0 radical (unpaired) electrons. The Morgan fingerprint density at radius 2 is 1.72 bits per heavy atom. The van der Waals surface area contributed by atoms with Crippen LogP contribution in [-0.2, 0) is 15.7 Å². The summed E-state index contributed by atoms with van der Waals surface area (Å²) in [6.07, 6.45) is -1.30. The van der Waals surface area contributed by atoms with E-state index in [9.17, 15) is 18.0 Å². The average Bonchev–Trinajstić information content (AvgIpc) is 2.88. The zero-order valence-corrected chi connectivity index (χ0v) is 20.4. The molecule has 1 amide bonds. The van der Waals surface area contributed by atoms with E-state index in [-0.39, 0.29) is 30.2 Å². The summed E-state index contributed by atoms with van der Waals surface area (Å²) < 4.78 is 45.4. The lowest BCUT2D eigenvalue weighted by Gasteiger charge is -2.36. The Labute approximate surface area is 209 Å². The van der Waals surface area contributed by atoms with Gasteiger partial charge in [-0.1, -0.05) is 18.2 Å². The Morgan fingerprint density at radius 3 is 2.33 bits per heavy atom. The van der Waals surface area contributed by atoms with Crippen LogP contribution in [0.25, 0.3) is 4.85 Å². The van der Waals surface area contributed by atoms with Crippen LogP contribution < -0.4 is 10.2 Å². The zero-order chi connectivity index (χ0) is 25.7. The number of carbonyl (C=O) groups is 1. The number of hydrogen-bond acceptors (Lipinski definition) is 4. The number of aryl methyl sites for hydroxylation is 1. The Balaban J connectivity index is 1.17. The zero-order valence-electron chi connectivity index (χ0n) is 20.4. The van der Waals surface area contributed by atoms with Crippen LogP contribution in [-0.4, -0.2) is 55.7 Å². The van der Waals surface area contributed by atoms with Crippen LogP contribution in [0.3, 0.4) is 0 Å². The first kappa shape index (κ1) is 25.8. The van der Waals surface area contributed by atoms with Gasteiger partial charge in [-0.15, -0.1) is 0 Å². The molecule has 6 nitrogen and oxygen atoms in total. The molecule has 2 fully saturated rings. The molecule has 0 aromatic heterocycles. The highest BCUT2D eigenvalue weighted by atomic mass is 19.4. The van der Waals surface area contributed by atoms with Gasteiger partial charge in [0.25, 0.3) is 0 Å². The van der Waals surface area contributed by atoms with Crippen molar-refractivity contribution in [1.29, 1.82) is 0 Å². The fourth-order valence-corrected chi connectivity index (χ4v) is 4.86. The predicted octanol–water partition coefficient (Wildman–Crippen LogP) is 5.65. The quantitative estimate of drug-likeness (QED) is 0.521. The third-order valence-corrected chi connectivity index (χ3v) is 7.01. The number of ether oxygens (including phenoxy) is 1. The summed E-state index contributed by atoms with van der Waals surface area (Å²) in [5.74, 6) is -0.0161. The van der Waals surface area contributed by atoms with Crippen LogP contribution in [0.15, 0.2) is 42.5 Å². The molecule has 1 heterocycles. The predicted molar refractivity (Wildman–Crippen MR) is 133 cm³/mol. The molecule has 4 rings (SSSR count). The maximum Gasteiger partial charge on any atom is 0.416 e. The molecule has 2 aliphatic rings. The van der Waals surface area contributed by atoms with Gasteiger partial charge in [-0.25, -0.2) is 4.85 Å². The molecule has 0 bridgehead atoms. The summed E-state index contributed by atoms with van der Waals surface area (Å²) in [4.78, 5) is 20.1. The van der Waals surface area contributed by atoms with Crippen LogP contribution in [0.5, 0.6) is 0 Å². The number of carbonyl (C=O) groups excluding carboxylic acids is 1. The number of halogens is 3. The lowest BCUT2D eigenvalue weighted by molar-refractivity contribution is -0.139.